The van der Waals surface area contributed by atoms with Gasteiger partial charge >= 0.3 is 0 Å². The minimum absolute atomic E-state index is 0.187. The Hall–Kier alpha value is -2.16. The van der Waals surface area contributed by atoms with Gasteiger partial charge < -0.3 is 9.40 Å². The largest absolute Gasteiger partial charge is 0.469 e. The van der Waals surface area contributed by atoms with Gasteiger partial charge in [-0.2, -0.15) is 0 Å². The fourth-order valence-corrected chi connectivity index (χ4v) is 6.68. The van der Waals surface area contributed by atoms with Crippen molar-refractivity contribution in [2.75, 3.05) is 4.90 Å². The molecule has 1 aromatic carbocycles. The lowest BCUT2D eigenvalue weighted by molar-refractivity contribution is -0.122. The molecule has 0 spiro atoms. The summed E-state index contributed by atoms with van der Waals surface area (Å²) in [5, 5.41) is 0.362. The number of thioether (sulfide) groups is 1. The molecular weight excluding hydrogens is 400 g/mol. The molecule has 8 heteroatoms. The second-order valence-electron chi connectivity index (χ2n) is 6.61. The summed E-state index contributed by atoms with van der Waals surface area (Å²) in [6.45, 7) is 1.97. The predicted molar refractivity (Wildman–Crippen MR) is 107 cm³/mol. The van der Waals surface area contributed by atoms with Gasteiger partial charge in [0.1, 0.15) is 11.0 Å². The molecule has 2 aromatic heterocycles. The highest BCUT2D eigenvalue weighted by Gasteiger charge is 2.56. The van der Waals surface area contributed by atoms with E-state index in [1.54, 1.807) is 12.3 Å². The van der Waals surface area contributed by atoms with Crippen LogP contribution >= 0.6 is 35.3 Å². The van der Waals surface area contributed by atoms with E-state index in [0.717, 1.165) is 15.5 Å². The third kappa shape index (κ3) is 2.55. The molecule has 27 heavy (non-hydrogen) atoms. The van der Waals surface area contributed by atoms with Crippen molar-refractivity contribution >= 4 is 52.8 Å². The highest BCUT2D eigenvalue weighted by Crippen LogP contribution is 2.53. The zero-order valence-electron chi connectivity index (χ0n) is 14.2. The number of nitrogens with one attached hydrogen (secondary N) is 1. The number of thiazole rings is 1. The van der Waals surface area contributed by atoms with Gasteiger partial charge in [-0.1, -0.05) is 29.5 Å². The third-order valence-electron chi connectivity index (χ3n) is 4.97. The van der Waals surface area contributed by atoms with Crippen LogP contribution in [-0.2, 0) is 9.59 Å². The van der Waals surface area contributed by atoms with Gasteiger partial charge in [0.15, 0.2) is 3.95 Å². The lowest BCUT2D eigenvalue weighted by Crippen LogP contribution is -2.32. The van der Waals surface area contributed by atoms with Crippen LogP contribution in [-0.4, -0.2) is 22.0 Å². The van der Waals surface area contributed by atoms with Crippen molar-refractivity contribution in [1.29, 1.82) is 0 Å². The Bertz CT molecular complexity index is 1100. The second kappa shape index (κ2) is 6.19. The molecule has 2 aliphatic heterocycles. The van der Waals surface area contributed by atoms with Crippen LogP contribution in [0.1, 0.15) is 22.1 Å². The summed E-state index contributed by atoms with van der Waals surface area (Å²) in [5.74, 6) is -0.516. The maximum Gasteiger partial charge on any atom is 0.248 e. The van der Waals surface area contributed by atoms with E-state index in [4.69, 9.17) is 16.6 Å². The monoisotopic (exact) mass is 414 g/mol. The number of anilines is 1. The van der Waals surface area contributed by atoms with Crippen LogP contribution in [0.3, 0.4) is 0 Å². The fraction of sp³-hybridized carbons (Fsp3) is 0.211. The molecule has 136 valence electrons. The molecule has 3 atom stereocenters. The number of aromatic amines is 1. The van der Waals surface area contributed by atoms with E-state index in [9.17, 15) is 9.59 Å². The standard InChI is InChI=1S/C19H14N2O3S3/c1-9-4-6-10(7-5-9)21-17(22)13-12(11-3-2-8-24-11)14-16(20-19(25)27-14)26-15(13)18(21)23/h2-8,12-13,15H,1H3,(H,20,25). The number of aromatic nitrogens is 1. The van der Waals surface area contributed by atoms with Crippen molar-refractivity contribution < 1.29 is 14.0 Å². The second-order valence-corrected chi connectivity index (χ2v) is 9.48. The molecule has 1 N–H and O–H groups in total. The number of nitrogens with zero attached hydrogens (tertiary/aromatic N) is 1. The Labute approximate surface area is 168 Å². The zero-order valence-corrected chi connectivity index (χ0v) is 16.6. The summed E-state index contributed by atoms with van der Waals surface area (Å²) >= 11 is 8.15. The Morgan fingerprint density at radius 1 is 1.15 bits per heavy atom. The van der Waals surface area contributed by atoms with Crippen molar-refractivity contribution in [2.24, 2.45) is 5.92 Å². The van der Waals surface area contributed by atoms with Gasteiger partial charge in [-0.05, 0) is 43.4 Å². The van der Waals surface area contributed by atoms with E-state index >= 15 is 0 Å². The van der Waals surface area contributed by atoms with Crippen LogP contribution in [0.5, 0.6) is 0 Å². The van der Waals surface area contributed by atoms with Crippen molar-refractivity contribution in [1.82, 2.24) is 4.98 Å². The maximum atomic E-state index is 13.4. The number of hydrogen-bond donors (Lipinski definition) is 1. The first kappa shape index (κ1) is 17.0. The molecule has 2 amide bonds. The first-order chi connectivity index (χ1) is 13.0. The summed E-state index contributed by atoms with van der Waals surface area (Å²) in [6.07, 6.45) is 1.59. The molecule has 4 heterocycles. The number of aryl methyl sites for hydroxylation is 1. The highest BCUT2D eigenvalue weighted by molar-refractivity contribution is 8.01. The Morgan fingerprint density at radius 3 is 2.63 bits per heavy atom. The quantitative estimate of drug-likeness (QED) is 0.494. The van der Waals surface area contributed by atoms with E-state index < -0.39 is 11.2 Å². The average molecular weight is 415 g/mol. The molecule has 3 unspecified atom stereocenters. The van der Waals surface area contributed by atoms with Crippen molar-refractivity contribution in [2.45, 2.75) is 23.1 Å². The van der Waals surface area contributed by atoms with E-state index in [1.807, 2.05) is 37.3 Å². The molecule has 0 aliphatic carbocycles. The molecule has 2 aliphatic rings. The number of rotatable bonds is 2. The van der Waals surface area contributed by atoms with Gasteiger partial charge in [0, 0.05) is 4.88 Å². The molecule has 1 saturated heterocycles. The summed E-state index contributed by atoms with van der Waals surface area (Å²) in [4.78, 5) is 32.0. The van der Waals surface area contributed by atoms with Crippen LogP contribution in [0, 0.1) is 16.8 Å². The van der Waals surface area contributed by atoms with E-state index in [2.05, 4.69) is 4.98 Å². The SMILES string of the molecule is Cc1ccc(N2C(=O)C3Sc4[nH]c(=S)sc4C(c4ccco4)C3C2=O)cc1. The Morgan fingerprint density at radius 2 is 1.93 bits per heavy atom. The number of furan rings is 1. The lowest BCUT2D eigenvalue weighted by atomic mass is 9.87. The van der Waals surface area contributed by atoms with Crippen LogP contribution in [0.4, 0.5) is 5.69 Å². The first-order valence-corrected chi connectivity index (χ1v) is 10.5. The number of H-pyrrole nitrogens is 1. The molecule has 0 saturated carbocycles. The van der Waals surface area contributed by atoms with E-state index in [-0.39, 0.29) is 17.7 Å². The normalized spacial score (nSPS) is 24.2. The summed E-state index contributed by atoms with van der Waals surface area (Å²) in [5.41, 5.74) is 1.69. The molecule has 1 fully saturated rings. The molecule has 3 aromatic rings. The van der Waals surface area contributed by atoms with Gasteiger partial charge in [0.2, 0.25) is 11.8 Å². The Balaban J connectivity index is 1.64. The Kier molecular flexibility index (Phi) is 3.89. The van der Waals surface area contributed by atoms with Gasteiger partial charge in [-0.3, -0.25) is 9.59 Å². The first-order valence-electron chi connectivity index (χ1n) is 8.42. The van der Waals surface area contributed by atoms with Gasteiger partial charge in [0.25, 0.3) is 0 Å². The van der Waals surface area contributed by atoms with Gasteiger partial charge in [-0.15, -0.1) is 11.3 Å². The molecule has 0 radical (unpaired) electrons. The predicted octanol–water partition coefficient (Wildman–Crippen LogP) is 4.50. The van der Waals surface area contributed by atoms with Crippen LogP contribution in [0.2, 0.25) is 0 Å². The number of benzene rings is 1. The summed E-state index contributed by atoms with van der Waals surface area (Å²) in [7, 11) is 0. The smallest absolute Gasteiger partial charge is 0.248 e. The molecule has 0 bridgehead atoms. The van der Waals surface area contributed by atoms with Crippen LogP contribution in [0.15, 0.2) is 52.1 Å². The number of amides is 2. The van der Waals surface area contributed by atoms with Crippen molar-refractivity contribution in [3.8, 4) is 0 Å². The lowest BCUT2D eigenvalue weighted by Gasteiger charge is -2.27. The van der Waals surface area contributed by atoms with Crippen molar-refractivity contribution in [3.05, 3.63) is 62.8 Å². The summed E-state index contributed by atoms with van der Waals surface area (Å²) in [6, 6.07) is 11.1. The minimum Gasteiger partial charge on any atom is -0.469 e. The van der Waals surface area contributed by atoms with E-state index in [1.165, 1.54) is 28.0 Å². The number of fused-ring (bicyclic) bond motifs is 2. The number of imide groups is 1. The number of carbonyl (C=O) groups is 2. The topological polar surface area (TPSA) is 66.3 Å². The zero-order chi connectivity index (χ0) is 18.7. The number of hydrogen-bond acceptors (Lipinski definition) is 6. The van der Waals surface area contributed by atoms with Gasteiger partial charge in [-0.25, -0.2) is 4.90 Å². The fourth-order valence-electron chi connectivity index (χ4n) is 3.74. The summed E-state index contributed by atoms with van der Waals surface area (Å²) < 4.78 is 6.29. The average Bonchev–Trinajstić information content (AvgIpc) is 3.34. The maximum absolute atomic E-state index is 13.4. The van der Waals surface area contributed by atoms with Gasteiger partial charge in [0.05, 0.1) is 28.8 Å². The van der Waals surface area contributed by atoms with E-state index in [0.29, 0.717) is 15.4 Å². The minimum atomic E-state index is -0.510. The van der Waals surface area contributed by atoms with Crippen molar-refractivity contribution in [3.63, 3.8) is 0 Å². The molecule has 5 nitrogen and oxygen atoms in total. The number of carbonyl (C=O) groups excluding carboxylic acids is 2. The molecule has 5 rings (SSSR count). The molecular formula is C19H14N2O3S3. The van der Waals surface area contributed by atoms with Crippen LogP contribution in [0.25, 0.3) is 0 Å². The van der Waals surface area contributed by atoms with Crippen LogP contribution < -0.4 is 4.90 Å². The third-order valence-corrected chi connectivity index (χ3v) is 7.72. The highest BCUT2D eigenvalue weighted by atomic mass is 32.2.